The number of rotatable bonds is 3. The van der Waals surface area contributed by atoms with Crippen molar-refractivity contribution in [3.8, 4) is 0 Å². The predicted molar refractivity (Wildman–Crippen MR) is 67.8 cm³/mol. The molecule has 0 bridgehead atoms. The average molecular weight is 266 g/mol. The molecule has 6 heteroatoms. The molecule has 18 heavy (non-hydrogen) atoms. The Balaban J connectivity index is 2.23. The first-order valence-electron chi connectivity index (χ1n) is 5.45. The maximum atomic E-state index is 12.0. The van der Waals surface area contributed by atoms with Crippen molar-refractivity contribution >= 4 is 23.2 Å². The van der Waals surface area contributed by atoms with E-state index < -0.39 is 0 Å². The molecule has 1 amide bonds. The van der Waals surface area contributed by atoms with Crippen LogP contribution in [-0.4, -0.2) is 15.9 Å². The third-order valence-corrected chi connectivity index (χ3v) is 2.64. The minimum atomic E-state index is -0.359. The Morgan fingerprint density at radius 1 is 1.44 bits per heavy atom. The van der Waals surface area contributed by atoms with Crippen molar-refractivity contribution < 1.29 is 9.21 Å². The van der Waals surface area contributed by atoms with Crippen LogP contribution in [0.1, 0.15) is 36.0 Å². The van der Waals surface area contributed by atoms with Gasteiger partial charge in [-0.15, -0.1) is 0 Å². The molecule has 0 unspecified atom stereocenters. The van der Waals surface area contributed by atoms with Gasteiger partial charge in [0.1, 0.15) is 5.76 Å². The number of halogens is 1. The summed E-state index contributed by atoms with van der Waals surface area (Å²) in [4.78, 5) is 19.8. The molecule has 0 spiro atoms. The molecule has 2 heterocycles. The van der Waals surface area contributed by atoms with Crippen LogP contribution in [-0.2, 0) is 0 Å². The molecule has 0 radical (unpaired) electrons. The van der Waals surface area contributed by atoms with E-state index in [1.54, 1.807) is 18.3 Å². The summed E-state index contributed by atoms with van der Waals surface area (Å²) in [5.74, 6) is 0.271. The standard InChI is InChI=1S/C12H12ClN3O2/c1-7(2)10-9(15-6-18-10)12(17)16-8-4-3-5-14-11(8)13/h3-7H,1-2H3,(H,16,17). The monoisotopic (exact) mass is 265 g/mol. The second kappa shape index (κ2) is 5.18. The number of nitrogens with zero attached hydrogens (tertiary/aromatic N) is 2. The van der Waals surface area contributed by atoms with Crippen LogP contribution in [0.15, 0.2) is 29.1 Å². The Labute approximate surface area is 109 Å². The van der Waals surface area contributed by atoms with Gasteiger partial charge >= 0.3 is 0 Å². The van der Waals surface area contributed by atoms with Gasteiger partial charge in [0.15, 0.2) is 17.2 Å². The highest BCUT2D eigenvalue weighted by atomic mass is 35.5. The maximum Gasteiger partial charge on any atom is 0.278 e. The molecule has 0 saturated carbocycles. The summed E-state index contributed by atoms with van der Waals surface area (Å²) in [6.07, 6.45) is 2.81. The molecule has 0 fully saturated rings. The number of hydrogen-bond donors (Lipinski definition) is 1. The van der Waals surface area contributed by atoms with E-state index in [2.05, 4.69) is 15.3 Å². The molecule has 2 aromatic heterocycles. The van der Waals surface area contributed by atoms with Crippen LogP contribution in [0.3, 0.4) is 0 Å². The van der Waals surface area contributed by atoms with Crippen molar-refractivity contribution in [1.29, 1.82) is 0 Å². The molecule has 0 aliphatic rings. The van der Waals surface area contributed by atoms with Crippen LogP contribution in [0.2, 0.25) is 5.15 Å². The number of anilines is 1. The molecule has 94 valence electrons. The molecule has 0 aromatic carbocycles. The summed E-state index contributed by atoms with van der Waals surface area (Å²) in [5.41, 5.74) is 0.715. The fourth-order valence-corrected chi connectivity index (χ4v) is 1.66. The van der Waals surface area contributed by atoms with Gasteiger partial charge in [-0.25, -0.2) is 9.97 Å². The minimum Gasteiger partial charge on any atom is -0.447 e. The third-order valence-electron chi connectivity index (χ3n) is 2.34. The van der Waals surface area contributed by atoms with E-state index in [9.17, 15) is 4.79 Å². The number of carbonyl (C=O) groups excluding carboxylic acids is 1. The number of hydrogen-bond acceptors (Lipinski definition) is 4. The lowest BCUT2D eigenvalue weighted by atomic mass is 10.1. The van der Waals surface area contributed by atoms with E-state index in [1.807, 2.05) is 13.8 Å². The zero-order valence-electron chi connectivity index (χ0n) is 9.98. The fraction of sp³-hybridized carbons (Fsp3) is 0.250. The van der Waals surface area contributed by atoms with Crippen LogP contribution in [0, 0.1) is 0 Å². The maximum absolute atomic E-state index is 12.0. The summed E-state index contributed by atoms with van der Waals surface area (Å²) in [5, 5.41) is 2.89. The van der Waals surface area contributed by atoms with Gasteiger partial charge in [-0.2, -0.15) is 0 Å². The van der Waals surface area contributed by atoms with E-state index in [-0.39, 0.29) is 22.7 Å². The average Bonchev–Trinajstić information content (AvgIpc) is 2.81. The number of pyridine rings is 1. The summed E-state index contributed by atoms with van der Waals surface area (Å²) in [6.45, 7) is 3.85. The summed E-state index contributed by atoms with van der Waals surface area (Å²) in [6, 6.07) is 3.36. The second-order valence-corrected chi connectivity index (χ2v) is 4.37. The van der Waals surface area contributed by atoms with Gasteiger partial charge in [0.2, 0.25) is 0 Å². The quantitative estimate of drug-likeness (QED) is 0.866. The number of nitrogens with one attached hydrogen (secondary N) is 1. The summed E-state index contributed by atoms with van der Waals surface area (Å²) < 4.78 is 5.19. The van der Waals surface area contributed by atoms with Gasteiger partial charge in [0, 0.05) is 12.1 Å². The number of oxazole rings is 1. The van der Waals surface area contributed by atoms with Crippen LogP contribution in [0.4, 0.5) is 5.69 Å². The topological polar surface area (TPSA) is 68.0 Å². The number of aromatic nitrogens is 2. The zero-order valence-corrected chi connectivity index (χ0v) is 10.7. The first-order chi connectivity index (χ1) is 8.59. The minimum absolute atomic E-state index is 0.0811. The Morgan fingerprint density at radius 3 is 2.89 bits per heavy atom. The molecule has 0 aliphatic heterocycles. The normalized spacial score (nSPS) is 10.7. The molecule has 0 atom stereocenters. The highest BCUT2D eigenvalue weighted by Crippen LogP contribution is 2.22. The van der Waals surface area contributed by atoms with Crippen molar-refractivity contribution in [3.05, 3.63) is 41.3 Å². The Hall–Kier alpha value is -1.88. The highest BCUT2D eigenvalue weighted by Gasteiger charge is 2.19. The number of carbonyl (C=O) groups is 1. The van der Waals surface area contributed by atoms with Gasteiger partial charge in [0.25, 0.3) is 5.91 Å². The van der Waals surface area contributed by atoms with Gasteiger partial charge in [-0.05, 0) is 12.1 Å². The fourth-order valence-electron chi connectivity index (χ4n) is 1.50. The highest BCUT2D eigenvalue weighted by molar-refractivity contribution is 6.32. The van der Waals surface area contributed by atoms with Gasteiger partial charge in [-0.1, -0.05) is 25.4 Å². The molecule has 5 nitrogen and oxygen atoms in total. The van der Waals surface area contributed by atoms with Crippen molar-refractivity contribution in [2.24, 2.45) is 0 Å². The SMILES string of the molecule is CC(C)c1ocnc1C(=O)Nc1cccnc1Cl. The predicted octanol–water partition coefficient (Wildman–Crippen LogP) is 3.10. The Kier molecular flexibility index (Phi) is 3.62. The van der Waals surface area contributed by atoms with Crippen LogP contribution in [0.25, 0.3) is 0 Å². The molecule has 2 aromatic rings. The Morgan fingerprint density at radius 2 is 2.22 bits per heavy atom. The van der Waals surface area contributed by atoms with Crippen molar-refractivity contribution in [2.75, 3.05) is 5.32 Å². The smallest absolute Gasteiger partial charge is 0.278 e. The number of amides is 1. The lowest BCUT2D eigenvalue weighted by Crippen LogP contribution is -2.15. The van der Waals surface area contributed by atoms with Gasteiger partial charge in [-0.3, -0.25) is 4.79 Å². The van der Waals surface area contributed by atoms with E-state index in [0.717, 1.165) is 0 Å². The lowest BCUT2D eigenvalue weighted by molar-refractivity contribution is 0.102. The third kappa shape index (κ3) is 2.51. The molecular weight excluding hydrogens is 254 g/mol. The first kappa shape index (κ1) is 12.6. The van der Waals surface area contributed by atoms with E-state index in [4.69, 9.17) is 16.0 Å². The lowest BCUT2D eigenvalue weighted by Gasteiger charge is -2.06. The van der Waals surface area contributed by atoms with Crippen molar-refractivity contribution in [1.82, 2.24) is 9.97 Å². The summed E-state index contributed by atoms with van der Waals surface area (Å²) >= 11 is 5.86. The van der Waals surface area contributed by atoms with Crippen molar-refractivity contribution in [2.45, 2.75) is 19.8 Å². The summed E-state index contributed by atoms with van der Waals surface area (Å²) in [7, 11) is 0. The molecular formula is C12H12ClN3O2. The first-order valence-corrected chi connectivity index (χ1v) is 5.82. The van der Waals surface area contributed by atoms with Gasteiger partial charge in [0.05, 0.1) is 5.69 Å². The molecule has 1 N–H and O–H groups in total. The molecule has 0 aliphatic carbocycles. The van der Waals surface area contributed by atoms with E-state index in [1.165, 1.54) is 6.39 Å². The largest absolute Gasteiger partial charge is 0.447 e. The Bertz CT molecular complexity index is 566. The zero-order chi connectivity index (χ0) is 13.1. The molecule has 2 rings (SSSR count). The van der Waals surface area contributed by atoms with E-state index in [0.29, 0.717) is 11.4 Å². The van der Waals surface area contributed by atoms with E-state index >= 15 is 0 Å². The van der Waals surface area contributed by atoms with Crippen LogP contribution >= 0.6 is 11.6 Å². The van der Waals surface area contributed by atoms with Gasteiger partial charge < -0.3 is 9.73 Å². The van der Waals surface area contributed by atoms with Crippen LogP contribution in [0.5, 0.6) is 0 Å². The van der Waals surface area contributed by atoms with Crippen molar-refractivity contribution in [3.63, 3.8) is 0 Å². The van der Waals surface area contributed by atoms with Crippen LogP contribution < -0.4 is 5.32 Å². The second-order valence-electron chi connectivity index (χ2n) is 4.02. The molecule has 0 saturated heterocycles.